The van der Waals surface area contributed by atoms with E-state index in [1.807, 2.05) is 24.3 Å². The van der Waals surface area contributed by atoms with Gasteiger partial charge in [-0.05, 0) is 78.0 Å². The second kappa shape index (κ2) is 10.1. The van der Waals surface area contributed by atoms with Crippen molar-refractivity contribution in [1.29, 1.82) is 0 Å². The SMILES string of the molecule is CCOC(=O)c1ccc(N=C2S[C@@H](C(=O)Nc3ccc(I)cc3)CC(=O)N2C)cc1. The van der Waals surface area contributed by atoms with Crippen LogP contribution in [0.15, 0.2) is 53.5 Å². The van der Waals surface area contributed by atoms with Crippen LogP contribution in [0.3, 0.4) is 0 Å². The van der Waals surface area contributed by atoms with E-state index in [0.717, 1.165) is 3.57 Å². The first-order valence-electron chi connectivity index (χ1n) is 9.23. The summed E-state index contributed by atoms with van der Waals surface area (Å²) in [6, 6.07) is 14.0. The molecule has 0 bridgehead atoms. The van der Waals surface area contributed by atoms with E-state index in [1.54, 1.807) is 38.2 Å². The highest BCUT2D eigenvalue weighted by molar-refractivity contribution is 14.1. The molecule has 1 aliphatic rings. The van der Waals surface area contributed by atoms with Crippen LogP contribution in [0.1, 0.15) is 23.7 Å². The van der Waals surface area contributed by atoms with E-state index < -0.39 is 11.2 Å². The zero-order valence-electron chi connectivity index (χ0n) is 16.4. The molecule has 2 aromatic rings. The van der Waals surface area contributed by atoms with Crippen molar-refractivity contribution in [3.05, 3.63) is 57.7 Å². The molecule has 0 aliphatic carbocycles. The van der Waals surface area contributed by atoms with E-state index >= 15 is 0 Å². The molecule has 2 aromatic carbocycles. The number of hydrogen-bond acceptors (Lipinski definition) is 6. The summed E-state index contributed by atoms with van der Waals surface area (Å²) >= 11 is 3.43. The number of aliphatic imine (C=N–C) groups is 1. The Bertz CT molecular complexity index is 977. The van der Waals surface area contributed by atoms with Gasteiger partial charge in [-0.2, -0.15) is 0 Å². The lowest BCUT2D eigenvalue weighted by Gasteiger charge is -2.28. The van der Waals surface area contributed by atoms with Crippen LogP contribution in [0, 0.1) is 3.57 Å². The van der Waals surface area contributed by atoms with Gasteiger partial charge in [0.25, 0.3) is 0 Å². The zero-order chi connectivity index (χ0) is 21.7. The Labute approximate surface area is 192 Å². The minimum Gasteiger partial charge on any atom is -0.462 e. The van der Waals surface area contributed by atoms with Crippen LogP contribution >= 0.6 is 34.4 Å². The number of amidine groups is 1. The Kier molecular flexibility index (Phi) is 7.48. The summed E-state index contributed by atoms with van der Waals surface area (Å²) in [6.07, 6.45) is 0.0954. The normalized spacial score (nSPS) is 17.7. The summed E-state index contributed by atoms with van der Waals surface area (Å²) in [4.78, 5) is 42.8. The van der Waals surface area contributed by atoms with Crippen molar-refractivity contribution in [3.63, 3.8) is 0 Å². The van der Waals surface area contributed by atoms with Gasteiger partial charge in [0, 0.05) is 22.7 Å². The van der Waals surface area contributed by atoms with Gasteiger partial charge >= 0.3 is 5.97 Å². The van der Waals surface area contributed by atoms with Crippen molar-refractivity contribution >= 4 is 68.7 Å². The molecule has 156 valence electrons. The van der Waals surface area contributed by atoms with Gasteiger partial charge in [-0.25, -0.2) is 9.79 Å². The van der Waals surface area contributed by atoms with Crippen molar-refractivity contribution in [2.24, 2.45) is 4.99 Å². The third kappa shape index (κ3) is 5.60. The standard InChI is InChI=1S/C21H20IN3O4S/c1-3-29-20(28)13-4-8-16(9-5-13)24-21-25(2)18(26)12-17(30-21)19(27)23-15-10-6-14(22)7-11-15/h4-11,17H,3,12H2,1-2H3,(H,23,27)/t17-/m1/s1. The van der Waals surface area contributed by atoms with Gasteiger partial charge in [-0.1, -0.05) is 11.8 Å². The van der Waals surface area contributed by atoms with Crippen LogP contribution in [0.2, 0.25) is 0 Å². The van der Waals surface area contributed by atoms with Gasteiger partial charge in [0.2, 0.25) is 11.8 Å². The van der Waals surface area contributed by atoms with Gasteiger partial charge in [0.15, 0.2) is 5.17 Å². The van der Waals surface area contributed by atoms with Crippen molar-refractivity contribution in [1.82, 2.24) is 4.90 Å². The molecule has 30 heavy (non-hydrogen) atoms. The smallest absolute Gasteiger partial charge is 0.338 e. The molecule has 1 saturated heterocycles. The van der Waals surface area contributed by atoms with Crippen LogP contribution in [-0.2, 0) is 14.3 Å². The molecule has 9 heteroatoms. The van der Waals surface area contributed by atoms with Crippen molar-refractivity contribution in [3.8, 4) is 0 Å². The van der Waals surface area contributed by atoms with E-state index in [1.165, 1.54) is 16.7 Å². The van der Waals surface area contributed by atoms with Gasteiger partial charge in [-0.15, -0.1) is 0 Å². The highest BCUT2D eigenvalue weighted by atomic mass is 127. The van der Waals surface area contributed by atoms with Crippen LogP contribution in [0.5, 0.6) is 0 Å². The Morgan fingerprint density at radius 1 is 1.20 bits per heavy atom. The van der Waals surface area contributed by atoms with Gasteiger partial charge in [-0.3, -0.25) is 14.5 Å². The maximum absolute atomic E-state index is 12.7. The fraction of sp³-hybridized carbons (Fsp3) is 0.238. The van der Waals surface area contributed by atoms with Crippen LogP contribution in [0.4, 0.5) is 11.4 Å². The molecule has 0 radical (unpaired) electrons. The molecule has 1 N–H and O–H groups in total. The molecule has 0 saturated carbocycles. The lowest BCUT2D eigenvalue weighted by atomic mass is 10.2. The van der Waals surface area contributed by atoms with Crippen molar-refractivity contribution in [2.75, 3.05) is 19.0 Å². The van der Waals surface area contributed by atoms with E-state index in [-0.39, 0.29) is 18.2 Å². The Hall–Kier alpha value is -2.40. The minimum absolute atomic E-state index is 0.0954. The molecule has 1 heterocycles. The van der Waals surface area contributed by atoms with E-state index in [0.29, 0.717) is 28.7 Å². The maximum atomic E-state index is 12.7. The Morgan fingerprint density at radius 3 is 2.50 bits per heavy atom. The summed E-state index contributed by atoms with van der Waals surface area (Å²) < 4.78 is 6.04. The molecule has 1 fully saturated rings. The van der Waals surface area contributed by atoms with Gasteiger partial charge < -0.3 is 10.1 Å². The number of esters is 1. The monoisotopic (exact) mass is 537 g/mol. The zero-order valence-corrected chi connectivity index (χ0v) is 19.4. The number of nitrogens with one attached hydrogen (secondary N) is 1. The largest absolute Gasteiger partial charge is 0.462 e. The number of anilines is 1. The lowest BCUT2D eigenvalue weighted by Crippen LogP contribution is -2.43. The number of carbonyl (C=O) groups excluding carboxylic acids is 3. The second-order valence-corrected chi connectivity index (χ2v) is 8.84. The summed E-state index contributed by atoms with van der Waals surface area (Å²) in [5.74, 6) is -0.824. The van der Waals surface area contributed by atoms with Crippen molar-refractivity contribution < 1.29 is 19.1 Å². The first kappa shape index (κ1) is 22.3. The summed E-state index contributed by atoms with van der Waals surface area (Å²) in [6.45, 7) is 2.05. The van der Waals surface area contributed by atoms with Crippen LogP contribution in [-0.4, -0.2) is 46.8 Å². The highest BCUT2D eigenvalue weighted by Crippen LogP contribution is 2.29. The number of benzene rings is 2. The molecule has 2 amide bonds. The lowest BCUT2D eigenvalue weighted by molar-refractivity contribution is -0.128. The summed E-state index contributed by atoms with van der Waals surface area (Å²) in [7, 11) is 1.63. The topological polar surface area (TPSA) is 88.1 Å². The molecule has 7 nitrogen and oxygen atoms in total. The molecule has 0 spiro atoms. The average Bonchev–Trinajstić information content (AvgIpc) is 2.73. The molecule has 1 aliphatic heterocycles. The van der Waals surface area contributed by atoms with E-state index in [4.69, 9.17) is 4.74 Å². The molecule has 3 rings (SSSR count). The second-order valence-electron chi connectivity index (χ2n) is 6.42. The molecule has 1 atom stereocenters. The fourth-order valence-electron chi connectivity index (χ4n) is 2.65. The predicted molar refractivity (Wildman–Crippen MR) is 126 cm³/mol. The summed E-state index contributed by atoms with van der Waals surface area (Å²) in [5, 5.41) is 2.70. The van der Waals surface area contributed by atoms with Gasteiger partial charge in [0.1, 0.15) is 5.25 Å². The number of carbonyl (C=O) groups is 3. The van der Waals surface area contributed by atoms with E-state index in [9.17, 15) is 14.4 Å². The summed E-state index contributed by atoms with van der Waals surface area (Å²) in [5.41, 5.74) is 1.68. The number of hydrogen-bond donors (Lipinski definition) is 1. The van der Waals surface area contributed by atoms with Crippen LogP contribution in [0.25, 0.3) is 0 Å². The van der Waals surface area contributed by atoms with E-state index in [2.05, 4.69) is 32.9 Å². The Balaban J connectivity index is 1.73. The average molecular weight is 537 g/mol. The van der Waals surface area contributed by atoms with Gasteiger partial charge in [0.05, 0.1) is 17.9 Å². The maximum Gasteiger partial charge on any atom is 0.338 e. The number of ether oxygens (including phenoxy) is 1. The first-order chi connectivity index (χ1) is 14.4. The fourth-order valence-corrected chi connectivity index (χ4v) is 4.07. The molecular formula is C21H20IN3O4S. The third-order valence-corrected chi connectivity index (χ3v) is 6.24. The quantitative estimate of drug-likeness (QED) is 0.460. The van der Waals surface area contributed by atoms with Crippen molar-refractivity contribution in [2.45, 2.75) is 18.6 Å². The number of amides is 2. The third-order valence-electron chi connectivity index (χ3n) is 4.28. The molecular weight excluding hydrogens is 517 g/mol. The Morgan fingerprint density at radius 2 is 1.87 bits per heavy atom. The molecule has 0 unspecified atom stereocenters. The highest BCUT2D eigenvalue weighted by Gasteiger charge is 2.34. The predicted octanol–water partition coefficient (Wildman–Crippen LogP) is 4.06. The molecule has 0 aromatic heterocycles. The number of rotatable bonds is 5. The minimum atomic E-state index is -0.578. The first-order valence-corrected chi connectivity index (χ1v) is 11.2. The van der Waals surface area contributed by atoms with Crippen LogP contribution < -0.4 is 5.32 Å². The number of thioether (sulfide) groups is 1. The number of nitrogens with zero attached hydrogens (tertiary/aromatic N) is 2. The number of halogens is 1.